The van der Waals surface area contributed by atoms with Crippen molar-refractivity contribution >= 4 is 22.4 Å². The van der Waals surface area contributed by atoms with Crippen molar-refractivity contribution < 1.29 is 14.3 Å². The van der Waals surface area contributed by atoms with E-state index in [1.54, 1.807) is 19.2 Å². The Morgan fingerprint density at radius 1 is 1.67 bits per heavy atom. The SMILES string of the molecule is Cc1cc(C(=O)Nc2ncc(C#CCO)s2)co1. The monoisotopic (exact) mass is 262 g/mol. The third-order valence-corrected chi connectivity index (χ3v) is 2.84. The molecule has 0 aliphatic carbocycles. The first kappa shape index (κ1) is 12.4. The fourth-order valence-corrected chi connectivity index (χ4v) is 1.93. The number of thiazole rings is 1. The molecule has 0 radical (unpaired) electrons. The quantitative estimate of drug-likeness (QED) is 0.807. The van der Waals surface area contributed by atoms with E-state index in [1.807, 2.05) is 0 Å². The molecule has 6 heteroatoms. The van der Waals surface area contributed by atoms with Crippen LogP contribution in [0.3, 0.4) is 0 Å². The zero-order chi connectivity index (χ0) is 13.0. The normalized spacial score (nSPS) is 9.67. The van der Waals surface area contributed by atoms with Crippen molar-refractivity contribution in [1.29, 1.82) is 0 Å². The summed E-state index contributed by atoms with van der Waals surface area (Å²) in [5, 5.41) is 11.7. The Hall–Kier alpha value is -2.10. The van der Waals surface area contributed by atoms with Gasteiger partial charge in [-0.15, -0.1) is 0 Å². The van der Waals surface area contributed by atoms with Gasteiger partial charge in [-0.25, -0.2) is 4.98 Å². The van der Waals surface area contributed by atoms with Gasteiger partial charge in [0.2, 0.25) is 0 Å². The number of amides is 1. The summed E-state index contributed by atoms with van der Waals surface area (Å²) in [6.45, 7) is 1.57. The molecule has 0 unspecified atom stereocenters. The molecule has 2 aromatic heterocycles. The molecule has 18 heavy (non-hydrogen) atoms. The van der Waals surface area contributed by atoms with Gasteiger partial charge in [0.05, 0.1) is 16.6 Å². The number of hydrogen-bond acceptors (Lipinski definition) is 5. The van der Waals surface area contributed by atoms with E-state index in [0.717, 1.165) is 0 Å². The predicted octanol–water partition coefficient (Wildman–Crippen LogP) is 1.64. The number of furan rings is 1. The van der Waals surface area contributed by atoms with E-state index in [2.05, 4.69) is 22.1 Å². The third kappa shape index (κ3) is 2.97. The second-order valence-electron chi connectivity index (χ2n) is 3.39. The van der Waals surface area contributed by atoms with Crippen molar-refractivity contribution in [2.24, 2.45) is 0 Å². The zero-order valence-electron chi connectivity index (χ0n) is 9.56. The number of nitrogens with zero attached hydrogens (tertiary/aromatic N) is 1. The van der Waals surface area contributed by atoms with Crippen LogP contribution in [0.5, 0.6) is 0 Å². The fraction of sp³-hybridized carbons (Fsp3) is 0.167. The Morgan fingerprint density at radius 2 is 2.50 bits per heavy atom. The lowest BCUT2D eigenvalue weighted by atomic mass is 10.3. The van der Waals surface area contributed by atoms with Gasteiger partial charge in [0.25, 0.3) is 5.91 Å². The number of anilines is 1. The summed E-state index contributed by atoms with van der Waals surface area (Å²) in [4.78, 5) is 16.5. The van der Waals surface area contributed by atoms with Gasteiger partial charge in [0.1, 0.15) is 18.6 Å². The van der Waals surface area contributed by atoms with E-state index in [-0.39, 0.29) is 12.5 Å². The van der Waals surface area contributed by atoms with Gasteiger partial charge in [0.15, 0.2) is 5.13 Å². The van der Waals surface area contributed by atoms with Gasteiger partial charge in [0, 0.05) is 0 Å². The Bertz CT molecular complexity index is 619. The highest BCUT2D eigenvalue weighted by Gasteiger charge is 2.10. The summed E-state index contributed by atoms with van der Waals surface area (Å²) in [5.41, 5.74) is 0.450. The summed E-state index contributed by atoms with van der Waals surface area (Å²) in [7, 11) is 0. The van der Waals surface area contributed by atoms with Crippen LogP contribution in [0.1, 0.15) is 21.0 Å². The van der Waals surface area contributed by atoms with Crippen molar-refractivity contribution in [2.45, 2.75) is 6.92 Å². The molecule has 2 heterocycles. The lowest BCUT2D eigenvalue weighted by molar-refractivity contribution is 0.102. The van der Waals surface area contributed by atoms with Gasteiger partial charge >= 0.3 is 0 Å². The first-order valence-electron chi connectivity index (χ1n) is 5.11. The third-order valence-electron chi connectivity index (χ3n) is 2.01. The average molecular weight is 262 g/mol. The Morgan fingerprint density at radius 3 is 3.17 bits per heavy atom. The first-order valence-corrected chi connectivity index (χ1v) is 5.92. The summed E-state index contributed by atoms with van der Waals surface area (Å²) in [5.74, 6) is 5.63. The minimum Gasteiger partial charge on any atom is -0.469 e. The highest BCUT2D eigenvalue weighted by atomic mass is 32.1. The van der Waals surface area contributed by atoms with Crippen molar-refractivity contribution in [1.82, 2.24) is 4.98 Å². The standard InChI is InChI=1S/C12H10N2O3S/c1-8-5-9(7-17-8)11(16)14-12-13-6-10(18-12)3-2-4-15/h5-7,15H,4H2,1H3,(H,13,14,16). The van der Waals surface area contributed by atoms with E-state index in [0.29, 0.717) is 21.3 Å². The van der Waals surface area contributed by atoms with Crippen LogP contribution in [0.4, 0.5) is 5.13 Å². The van der Waals surface area contributed by atoms with Gasteiger partial charge in [-0.3, -0.25) is 10.1 Å². The minimum atomic E-state index is -0.275. The minimum absolute atomic E-state index is 0.201. The molecule has 0 aromatic carbocycles. The molecular weight excluding hydrogens is 252 g/mol. The van der Waals surface area contributed by atoms with E-state index in [9.17, 15) is 4.79 Å². The lowest BCUT2D eigenvalue weighted by Gasteiger charge is -1.96. The van der Waals surface area contributed by atoms with Crippen LogP contribution < -0.4 is 5.32 Å². The van der Waals surface area contributed by atoms with Crippen molar-refractivity contribution in [3.8, 4) is 11.8 Å². The maximum Gasteiger partial charge on any atom is 0.260 e. The summed E-state index contributed by atoms with van der Waals surface area (Å²) in [6.07, 6.45) is 2.94. The number of carbonyl (C=O) groups is 1. The van der Waals surface area contributed by atoms with Gasteiger partial charge < -0.3 is 9.52 Å². The molecular formula is C12H10N2O3S. The number of aliphatic hydroxyl groups excluding tert-OH is 1. The predicted molar refractivity (Wildman–Crippen MR) is 67.5 cm³/mol. The molecule has 2 rings (SSSR count). The summed E-state index contributed by atoms with van der Waals surface area (Å²) in [6, 6.07) is 1.65. The molecule has 0 spiro atoms. The van der Waals surface area contributed by atoms with Gasteiger partial charge in [-0.05, 0) is 13.0 Å². The highest BCUT2D eigenvalue weighted by Crippen LogP contribution is 2.18. The Kier molecular flexibility index (Phi) is 3.77. The molecule has 0 fully saturated rings. The van der Waals surface area contributed by atoms with Crippen molar-refractivity contribution in [3.05, 3.63) is 34.7 Å². The Labute approximate surface area is 107 Å². The number of rotatable bonds is 2. The molecule has 92 valence electrons. The van der Waals surface area contributed by atoms with Crippen LogP contribution in [0.2, 0.25) is 0 Å². The first-order chi connectivity index (χ1) is 8.69. The molecule has 2 N–H and O–H groups in total. The maximum absolute atomic E-state index is 11.8. The van der Waals surface area contributed by atoms with E-state index in [1.165, 1.54) is 17.6 Å². The molecule has 0 saturated carbocycles. The number of aryl methyl sites for hydroxylation is 1. The van der Waals surface area contributed by atoms with Gasteiger partial charge in [-0.2, -0.15) is 0 Å². The number of carbonyl (C=O) groups excluding carboxylic acids is 1. The lowest BCUT2D eigenvalue weighted by Crippen LogP contribution is -2.10. The Balaban J connectivity index is 2.05. The van der Waals surface area contributed by atoms with Crippen LogP contribution in [-0.2, 0) is 0 Å². The largest absolute Gasteiger partial charge is 0.469 e. The molecule has 5 nitrogen and oxygen atoms in total. The van der Waals surface area contributed by atoms with E-state index in [4.69, 9.17) is 9.52 Å². The van der Waals surface area contributed by atoms with Crippen molar-refractivity contribution in [2.75, 3.05) is 11.9 Å². The fourth-order valence-electron chi connectivity index (χ4n) is 1.25. The maximum atomic E-state index is 11.8. The molecule has 0 atom stereocenters. The second kappa shape index (κ2) is 5.49. The average Bonchev–Trinajstić information content (AvgIpc) is 2.96. The van der Waals surface area contributed by atoms with Crippen LogP contribution in [-0.4, -0.2) is 22.6 Å². The van der Waals surface area contributed by atoms with Gasteiger partial charge in [-0.1, -0.05) is 23.2 Å². The molecule has 0 aliphatic rings. The van der Waals surface area contributed by atoms with Crippen LogP contribution in [0.15, 0.2) is 22.9 Å². The topological polar surface area (TPSA) is 75.4 Å². The molecule has 2 aromatic rings. The van der Waals surface area contributed by atoms with Crippen LogP contribution in [0, 0.1) is 18.8 Å². The zero-order valence-corrected chi connectivity index (χ0v) is 10.4. The smallest absolute Gasteiger partial charge is 0.260 e. The number of nitrogens with one attached hydrogen (secondary N) is 1. The number of hydrogen-bond donors (Lipinski definition) is 2. The molecule has 0 bridgehead atoms. The summed E-state index contributed by atoms with van der Waals surface area (Å²) < 4.78 is 5.05. The molecule has 0 saturated heterocycles. The number of aliphatic hydroxyl groups is 1. The number of aromatic nitrogens is 1. The van der Waals surface area contributed by atoms with Crippen LogP contribution >= 0.6 is 11.3 Å². The molecule has 0 aliphatic heterocycles. The van der Waals surface area contributed by atoms with E-state index >= 15 is 0 Å². The molecule has 1 amide bonds. The van der Waals surface area contributed by atoms with Crippen LogP contribution in [0.25, 0.3) is 0 Å². The van der Waals surface area contributed by atoms with E-state index < -0.39 is 0 Å². The highest BCUT2D eigenvalue weighted by molar-refractivity contribution is 7.16. The van der Waals surface area contributed by atoms with Crippen molar-refractivity contribution in [3.63, 3.8) is 0 Å². The second-order valence-corrected chi connectivity index (χ2v) is 4.42. The summed E-state index contributed by atoms with van der Waals surface area (Å²) >= 11 is 1.24.